The molecule has 0 bridgehead atoms. The van der Waals surface area contributed by atoms with E-state index in [-0.39, 0.29) is 30.1 Å². The molecule has 1 aromatic heterocycles. The van der Waals surface area contributed by atoms with E-state index in [1.807, 2.05) is 71.0 Å². The zero-order valence-corrected chi connectivity index (χ0v) is 33.5. The van der Waals surface area contributed by atoms with Gasteiger partial charge >= 0.3 is 5.97 Å². The minimum Gasteiger partial charge on any atom is -0.480 e. The summed E-state index contributed by atoms with van der Waals surface area (Å²) in [7, 11) is 4.84. The Morgan fingerprint density at radius 1 is 0.981 bits per heavy atom. The van der Waals surface area contributed by atoms with Crippen LogP contribution in [-0.2, 0) is 28.7 Å². The largest absolute Gasteiger partial charge is 0.480 e. The quantitative estimate of drug-likeness (QED) is 0.182. The van der Waals surface area contributed by atoms with Crippen LogP contribution >= 0.6 is 0 Å². The van der Waals surface area contributed by atoms with E-state index in [4.69, 9.17) is 9.47 Å². The summed E-state index contributed by atoms with van der Waals surface area (Å²) >= 11 is 0. The van der Waals surface area contributed by atoms with Crippen LogP contribution in [0.2, 0.25) is 0 Å². The lowest BCUT2D eigenvalue weighted by Crippen LogP contribution is -2.56. The number of aliphatic carboxylic acids is 1. The number of benzene rings is 1. The van der Waals surface area contributed by atoms with E-state index in [0.29, 0.717) is 18.9 Å². The molecule has 3 amide bonds. The highest BCUT2D eigenvalue weighted by Gasteiger charge is 2.43. The standard InChI is InChI=1S/C40H62N6O7/c1-12-24(4)35(45(9)38(49)33(23(2)3)44-40-41-25(5)21-26(6)42-40)31(52-10)22-32(47)46-20-16-19-30(46)36(53-11)28(8)37(48)43-34(39(50)51)27(7)29-17-14-13-15-18-29/h13-15,17-18,21,23-24,27-28,30-31,33-36H,12,16,19-20,22H2,1-11H3,(H,43,48)(H,50,51)(H,41,42,44)/t24-,27?,28+,30-,31+,33-,34?,35-,36+/m0/s1. The van der Waals surface area contributed by atoms with Gasteiger partial charge in [0.25, 0.3) is 0 Å². The van der Waals surface area contributed by atoms with Gasteiger partial charge in [-0.15, -0.1) is 0 Å². The highest BCUT2D eigenvalue weighted by molar-refractivity contribution is 5.86. The van der Waals surface area contributed by atoms with Crippen LogP contribution in [0.4, 0.5) is 5.95 Å². The van der Waals surface area contributed by atoms with Gasteiger partial charge < -0.3 is 35.0 Å². The van der Waals surface area contributed by atoms with E-state index in [2.05, 4.69) is 27.5 Å². The lowest BCUT2D eigenvalue weighted by atomic mass is 9.89. The third-order valence-electron chi connectivity index (χ3n) is 10.8. The second-order valence-electron chi connectivity index (χ2n) is 15.0. The number of carbonyl (C=O) groups is 4. The average Bonchev–Trinajstić information content (AvgIpc) is 3.61. The maximum atomic E-state index is 14.2. The second kappa shape index (κ2) is 19.8. The fourth-order valence-electron chi connectivity index (χ4n) is 7.60. The molecule has 9 atom stereocenters. The van der Waals surface area contributed by atoms with Crippen molar-refractivity contribution < 1.29 is 33.8 Å². The maximum absolute atomic E-state index is 14.2. The van der Waals surface area contributed by atoms with Crippen LogP contribution in [0.15, 0.2) is 36.4 Å². The lowest BCUT2D eigenvalue weighted by molar-refractivity contribution is -0.147. The molecule has 0 radical (unpaired) electrons. The van der Waals surface area contributed by atoms with Gasteiger partial charge in [-0.3, -0.25) is 14.4 Å². The van der Waals surface area contributed by atoms with Crippen LogP contribution in [0.5, 0.6) is 0 Å². The number of hydrogen-bond donors (Lipinski definition) is 3. The number of methoxy groups -OCH3 is 2. The minimum atomic E-state index is -1.15. The summed E-state index contributed by atoms with van der Waals surface area (Å²) < 4.78 is 11.9. The van der Waals surface area contributed by atoms with E-state index in [0.717, 1.165) is 29.8 Å². The molecule has 0 aliphatic carbocycles. The molecule has 0 spiro atoms. The SMILES string of the molecule is CC[C@H](C)[C@@H]([C@@H](CC(=O)N1CCC[C@H]1[C@H](OC)[C@@H](C)C(=O)NC(C(=O)O)C(C)c1ccccc1)OC)N(C)C(=O)[C@@H](Nc1nc(C)cc(C)n1)C(C)C. The van der Waals surface area contributed by atoms with Crippen molar-refractivity contribution in [2.75, 3.05) is 33.1 Å². The predicted molar refractivity (Wildman–Crippen MR) is 204 cm³/mol. The van der Waals surface area contributed by atoms with E-state index >= 15 is 0 Å². The Kier molecular flexibility index (Phi) is 16.2. The van der Waals surface area contributed by atoms with Crippen LogP contribution in [-0.4, -0.2) is 113 Å². The highest BCUT2D eigenvalue weighted by atomic mass is 16.5. The van der Waals surface area contributed by atoms with Crippen LogP contribution in [0.25, 0.3) is 0 Å². The lowest BCUT2D eigenvalue weighted by Gasteiger charge is -2.40. The molecule has 1 saturated heterocycles. The molecule has 3 rings (SSSR count). The first-order chi connectivity index (χ1) is 25.1. The van der Waals surface area contributed by atoms with Crippen molar-refractivity contribution in [3.63, 3.8) is 0 Å². The first-order valence-corrected chi connectivity index (χ1v) is 18.8. The van der Waals surface area contributed by atoms with Crippen molar-refractivity contribution in [3.05, 3.63) is 53.3 Å². The molecule has 2 aromatic rings. The van der Waals surface area contributed by atoms with Crippen LogP contribution in [0.1, 0.15) is 90.1 Å². The number of carboxylic acids is 1. The van der Waals surface area contributed by atoms with Crippen LogP contribution in [0.3, 0.4) is 0 Å². The zero-order chi connectivity index (χ0) is 39.6. The molecule has 2 heterocycles. The van der Waals surface area contributed by atoms with Crippen molar-refractivity contribution in [1.82, 2.24) is 25.1 Å². The number of ether oxygens (including phenoxy) is 2. The van der Waals surface area contributed by atoms with Gasteiger partial charge in [-0.1, -0.05) is 78.3 Å². The molecule has 294 valence electrons. The number of nitrogens with one attached hydrogen (secondary N) is 2. The van der Waals surface area contributed by atoms with Crippen molar-refractivity contribution in [2.45, 2.75) is 123 Å². The Bertz CT molecular complexity index is 1500. The summed E-state index contributed by atoms with van der Waals surface area (Å²) in [5.41, 5.74) is 2.39. The first kappa shape index (κ1) is 43.3. The Morgan fingerprint density at radius 2 is 1.60 bits per heavy atom. The van der Waals surface area contributed by atoms with E-state index < -0.39 is 60.1 Å². The Morgan fingerprint density at radius 3 is 2.13 bits per heavy atom. The number of rotatable bonds is 19. The number of carboxylic acid groups (broad SMARTS) is 1. The molecule has 1 aromatic carbocycles. The molecule has 13 nitrogen and oxygen atoms in total. The number of carbonyl (C=O) groups excluding carboxylic acids is 3. The zero-order valence-electron chi connectivity index (χ0n) is 33.5. The van der Waals surface area contributed by atoms with Crippen molar-refractivity contribution >= 4 is 29.6 Å². The molecule has 1 aliphatic rings. The van der Waals surface area contributed by atoms with Gasteiger partial charge in [0.2, 0.25) is 23.7 Å². The van der Waals surface area contributed by atoms with Gasteiger partial charge in [-0.25, -0.2) is 14.8 Å². The summed E-state index contributed by atoms with van der Waals surface area (Å²) in [6.07, 6.45) is 0.824. The van der Waals surface area contributed by atoms with Crippen LogP contribution in [0, 0.1) is 31.6 Å². The summed E-state index contributed by atoms with van der Waals surface area (Å²) in [5.74, 6) is -2.83. The highest BCUT2D eigenvalue weighted by Crippen LogP contribution is 2.30. The van der Waals surface area contributed by atoms with E-state index in [1.54, 1.807) is 37.8 Å². The number of nitrogens with zero attached hydrogens (tertiary/aromatic N) is 4. The number of aromatic nitrogens is 2. The van der Waals surface area contributed by atoms with Crippen molar-refractivity contribution in [1.29, 1.82) is 0 Å². The summed E-state index contributed by atoms with van der Waals surface area (Å²) in [5, 5.41) is 16.0. The number of likely N-dealkylation sites (N-methyl/N-ethyl adjacent to an activating group) is 1. The fourth-order valence-corrected chi connectivity index (χ4v) is 7.60. The van der Waals surface area contributed by atoms with Crippen LogP contribution < -0.4 is 10.6 Å². The predicted octanol–water partition coefficient (Wildman–Crippen LogP) is 4.82. The molecular formula is C40H62N6O7. The topological polar surface area (TPSA) is 163 Å². The Balaban J connectivity index is 1.79. The smallest absolute Gasteiger partial charge is 0.326 e. The monoisotopic (exact) mass is 738 g/mol. The van der Waals surface area contributed by atoms with Crippen molar-refractivity contribution in [2.24, 2.45) is 17.8 Å². The number of aryl methyl sites for hydroxylation is 2. The van der Waals surface area contributed by atoms with Gasteiger partial charge in [0.1, 0.15) is 12.1 Å². The molecule has 2 unspecified atom stereocenters. The number of hydrogen-bond acceptors (Lipinski definition) is 9. The molecular weight excluding hydrogens is 676 g/mol. The summed E-state index contributed by atoms with van der Waals surface area (Å²) in [6.45, 7) is 15.8. The third-order valence-corrected chi connectivity index (χ3v) is 10.8. The maximum Gasteiger partial charge on any atom is 0.326 e. The molecule has 3 N–H and O–H groups in total. The number of anilines is 1. The molecule has 1 aliphatic heterocycles. The van der Waals surface area contributed by atoms with Gasteiger partial charge in [-0.05, 0) is 50.2 Å². The Hall–Kier alpha value is -4.10. The van der Waals surface area contributed by atoms with Gasteiger partial charge in [0.15, 0.2) is 0 Å². The first-order valence-electron chi connectivity index (χ1n) is 18.8. The third kappa shape index (κ3) is 11.0. The Labute approximate surface area is 315 Å². The normalized spacial score (nSPS) is 19.0. The number of amides is 3. The molecule has 53 heavy (non-hydrogen) atoms. The van der Waals surface area contributed by atoms with E-state index in [9.17, 15) is 24.3 Å². The minimum absolute atomic E-state index is 0.00254. The second-order valence-corrected chi connectivity index (χ2v) is 15.0. The fraction of sp³-hybridized carbons (Fsp3) is 0.650. The van der Waals surface area contributed by atoms with Gasteiger partial charge in [0.05, 0.1) is 36.6 Å². The van der Waals surface area contributed by atoms with E-state index in [1.165, 1.54) is 7.11 Å². The van der Waals surface area contributed by atoms with Crippen molar-refractivity contribution in [3.8, 4) is 0 Å². The van der Waals surface area contributed by atoms with Gasteiger partial charge in [0, 0.05) is 45.1 Å². The van der Waals surface area contributed by atoms with Gasteiger partial charge in [-0.2, -0.15) is 0 Å². The molecule has 1 fully saturated rings. The molecule has 0 saturated carbocycles. The molecule has 13 heteroatoms. The summed E-state index contributed by atoms with van der Waals surface area (Å²) in [6, 6.07) is 8.47. The average molecular weight is 739 g/mol. The summed E-state index contributed by atoms with van der Waals surface area (Å²) in [4.78, 5) is 66.7. The number of likely N-dealkylation sites (tertiary alicyclic amines) is 1.